The Kier molecular flexibility index (Phi) is 4.85. The number of aromatic nitrogens is 2. The fourth-order valence-electron chi connectivity index (χ4n) is 3.26. The monoisotopic (exact) mass is 330 g/mol. The summed E-state index contributed by atoms with van der Waals surface area (Å²) in [6.07, 6.45) is 7.58. The Hall–Kier alpha value is -1.95. The highest BCUT2D eigenvalue weighted by atomic mass is 16.2. The van der Waals surface area contributed by atoms with Crippen molar-refractivity contribution in [3.63, 3.8) is 0 Å². The van der Waals surface area contributed by atoms with Crippen LogP contribution in [0, 0.1) is 5.92 Å². The van der Waals surface area contributed by atoms with Crippen LogP contribution < -0.4 is 0 Å². The summed E-state index contributed by atoms with van der Waals surface area (Å²) in [6, 6.07) is 0.172. The molecule has 0 N–H and O–H groups in total. The molecule has 1 unspecified atom stereocenters. The molecule has 0 bridgehead atoms. The van der Waals surface area contributed by atoms with E-state index in [2.05, 4.69) is 16.8 Å². The lowest BCUT2D eigenvalue weighted by molar-refractivity contribution is -0.130. The van der Waals surface area contributed by atoms with E-state index in [-0.39, 0.29) is 17.7 Å². The summed E-state index contributed by atoms with van der Waals surface area (Å²) in [5.74, 6) is 1.45. The number of Topliss-reactive ketones (excluding diaryl/α,β-unsaturated/α-hetero) is 1. The third-order valence-electron chi connectivity index (χ3n) is 5.05. The molecule has 0 radical (unpaired) electrons. The predicted octanol–water partition coefficient (Wildman–Crippen LogP) is 1.71. The van der Waals surface area contributed by atoms with E-state index in [4.69, 9.17) is 0 Å². The molecule has 1 fully saturated rings. The predicted molar refractivity (Wildman–Crippen MR) is 91.6 cm³/mol. The molecular weight excluding hydrogens is 304 g/mol. The van der Waals surface area contributed by atoms with E-state index in [1.54, 1.807) is 19.2 Å². The summed E-state index contributed by atoms with van der Waals surface area (Å²) in [6.45, 7) is 6.56. The van der Waals surface area contributed by atoms with Crippen LogP contribution in [0.2, 0.25) is 0 Å². The lowest BCUT2D eigenvalue weighted by Gasteiger charge is -2.36. The van der Waals surface area contributed by atoms with Gasteiger partial charge in [0.2, 0.25) is 5.91 Å². The number of likely N-dealkylation sites (N-methyl/N-ethyl adjacent to an activating group) is 1. The zero-order valence-electron chi connectivity index (χ0n) is 14.7. The Morgan fingerprint density at radius 2 is 2.17 bits per heavy atom. The van der Waals surface area contributed by atoms with E-state index >= 15 is 0 Å². The van der Waals surface area contributed by atoms with E-state index in [1.807, 2.05) is 22.6 Å². The summed E-state index contributed by atoms with van der Waals surface area (Å²) in [7, 11) is 2.03. The van der Waals surface area contributed by atoms with Crippen molar-refractivity contribution in [2.24, 2.45) is 5.92 Å². The third-order valence-corrected chi connectivity index (χ3v) is 5.05. The fourth-order valence-corrected chi connectivity index (χ4v) is 3.26. The maximum atomic E-state index is 12.7. The Labute approximate surface area is 143 Å². The van der Waals surface area contributed by atoms with Crippen LogP contribution in [0.3, 0.4) is 0 Å². The minimum atomic E-state index is 0.0329. The average molecular weight is 330 g/mol. The van der Waals surface area contributed by atoms with Gasteiger partial charge in [-0.1, -0.05) is 13.0 Å². The molecule has 2 heterocycles. The smallest absolute Gasteiger partial charge is 0.247 e. The van der Waals surface area contributed by atoms with Gasteiger partial charge >= 0.3 is 0 Å². The molecule has 130 valence electrons. The Morgan fingerprint density at radius 1 is 1.42 bits per heavy atom. The van der Waals surface area contributed by atoms with Crippen molar-refractivity contribution >= 4 is 11.7 Å². The molecule has 6 heteroatoms. The molecule has 0 spiro atoms. The second kappa shape index (κ2) is 6.89. The van der Waals surface area contributed by atoms with Crippen molar-refractivity contribution in [3.8, 4) is 0 Å². The van der Waals surface area contributed by atoms with Crippen LogP contribution in [-0.4, -0.2) is 57.2 Å². The number of amides is 1. The van der Waals surface area contributed by atoms with Crippen molar-refractivity contribution in [2.45, 2.75) is 45.8 Å². The van der Waals surface area contributed by atoms with E-state index in [0.29, 0.717) is 24.7 Å². The van der Waals surface area contributed by atoms with Crippen LogP contribution >= 0.6 is 0 Å². The molecule has 1 aromatic rings. The van der Waals surface area contributed by atoms with Crippen molar-refractivity contribution in [2.75, 3.05) is 20.1 Å². The first-order valence-electron chi connectivity index (χ1n) is 8.72. The highest BCUT2D eigenvalue weighted by Crippen LogP contribution is 2.38. The molecule has 2 aliphatic rings. The summed E-state index contributed by atoms with van der Waals surface area (Å²) in [5.41, 5.74) is 0.655. The molecule has 1 aliphatic heterocycles. The maximum absolute atomic E-state index is 12.7. The number of imidazole rings is 1. The first kappa shape index (κ1) is 16.9. The summed E-state index contributed by atoms with van der Waals surface area (Å²) >= 11 is 0. The van der Waals surface area contributed by atoms with Gasteiger partial charge < -0.3 is 14.4 Å². The SMILES string of the molecule is CCN(C)C/C=C/C(=O)N1Cc2ncc(C(C)=O)n2CC1C1CC1. The molecule has 0 aromatic carbocycles. The molecule has 1 atom stereocenters. The first-order chi connectivity index (χ1) is 11.5. The Balaban J connectivity index is 1.77. The standard InChI is InChI=1S/C18H26N4O2/c1-4-20(3)9-5-6-18(24)22-12-17-19-10-15(13(2)23)21(17)11-16(22)14-7-8-14/h5-6,10,14,16H,4,7-9,11-12H2,1-3H3/b6-5+. The Morgan fingerprint density at radius 3 is 2.79 bits per heavy atom. The van der Waals surface area contributed by atoms with Crippen LogP contribution in [0.5, 0.6) is 0 Å². The van der Waals surface area contributed by atoms with Gasteiger partial charge in [0.1, 0.15) is 11.5 Å². The molecule has 1 amide bonds. The summed E-state index contributed by atoms with van der Waals surface area (Å²) < 4.78 is 2.00. The second-order valence-corrected chi connectivity index (χ2v) is 6.85. The van der Waals surface area contributed by atoms with Crippen LogP contribution in [0.1, 0.15) is 43.0 Å². The van der Waals surface area contributed by atoms with Crippen molar-refractivity contribution in [3.05, 3.63) is 29.9 Å². The molecule has 0 saturated heterocycles. The zero-order valence-corrected chi connectivity index (χ0v) is 14.7. The third kappa shape index (κ3) is 3.43. The van der Waals surface area contributed by atoms with Gasteiger partial charge in [0, 0.05) is 26.1 Å². The zero-order chi connectivity index (χ0) is 17.3. The van der Waals surface area contributed by atoms with Crippen LogP contribution in [-0.2, 0) is 17.9 Å². The van der Waals surface area contributed by atoms with Crippen LogP contribution in [0.4, 0.5) is 0 Å². The lowest BCUT2D eigenvalue weighted by Crippen LogP contribution is -2.47. The molecule has 24 heavy (non-hydrogen) atoms. The van der Waals surface area contributed by atoms with Crippen molar-refractivity contribution < 1.29 is 9.59 Å². The Bertz CT molecular complexity index is 660. The minimum Gasteiger partial charge on any atom is -0.327 e. The number of hydrogen-bond acceptors (Lipinski definition) is 4. The molecular formula is C18H26N4O2. The number of carbonyl (C=O) groups excluding carboxylic acids is 2. The molecule has 6 nitrogen and oxygen atoms in total. The van der Waals surface area contributed by atoms with Crippen LogP contribution in [0.25, 0.3) is 0 Å². The largest absolute Gasteiger partial charge is 0.327 e. The normalized spacial score (nSPS) is 20.7. The minimum absolute atomic E-state index is 0.0329. The number of carbonyl (C=O) groups is 2. The molecule has 1 aliphatic carbocycles. The fraction of sp³-hybridized carbons (Fsp3) is 0.611. The van der Waals surface area contributed by atoms with Gasteiger partial charge in [-0.2, -0.15) is 0 Å². The molecule has 1 aromatic heterocycles. The second-order valence-electron chi connectivity index (χ2n) is 6.85. The molecule has 1 saturated carbocycles. The maximum Gasteiger partial charge on any atom is 0.247 e. The first-order valence-corrected chi connectivity index (χ1v) is 8.72. The van der Waals surface area contributed by atoms with Gasteiger partial charge in [-0.3, -0.25) is 9.59 Å². The van der Waals surface area contributed by atoms with Gasteiger partial charge in [-0.25, -0.2) is 4.98 Å². The van der Waals surface area contributed by atoms with Gasteiger partial charge in [0.25, 0.3) is 0 Å². The number of ketones is 1. The van der Waals surface area contributed by atoms with E-state index in [9.17, 15) is 9.59 Å². The number of fused-ring (bicyclic) bond motifs is 1. The highest BCUT2D eigenvalue weighted by molar-refractivity contribution is 5.92. The van der Waals surface area contributed by atoms with Gasteiger partial charge in [-0.15, -0.1) is 0 Å². The summed E-state index contributed by atoms with van der Waals surface area (Å²) in [5, 5.41) is 0. The average Bonchev–Trinajstić information content (AvgIpc) is 3.32. The van der Waals surface area contributed by atoms with E-state index in [0.717, 1.165) is 31.8 Å². The number of hydrogen-bond donors (Lipinski definition) is 0. The number of nitrogens with zero attached hydrogens (tertiary/aromatic N) is 4. The highest BCUT2D eigenvalue weighted by Gasteiger charge is 2.41. The number of rotatable bonds is 6. The topological polar surface area (TPSA) is 58.4 Å². The van der Waals surface area contributed by atoms with Gasteiger partial charge in [-0.05, 0) is 32.4 Å². The van der Waals surface area contributed by atoms with E-state index in [1.165, 1.54) is 0 Å². The van der Waals surface area contributed by atoms with Crippen LogP contribution in [0.15, 0.2) is 18.3 Å². The van der Waals surface area contributed by atoms with Gasteiger partial charge in [0.15, 0.2) is 5.78 Å². The quantitative estimate of drug-likeness (QED) is 0.589. The van der Waals surface area contributed by atoms with E-state index < -0.39 is 0 Å². The van der Waals surface area contributed by atoms with Crippen molar-refractivity contribution in [1.82, 2.24) is 19.4 Å². The van der Waals surface area contributed by atoms with Crippen molar-refractivity contribution in [1.29, 1.82) is 0 Å². The van der Waals surface area contributed by atoms with Gasteiger partial charge in [0.05, 0.1) is 18.8 Å². The lowest BCUT2D eigenvalue weighted by atomic mass is 10.1. The summed E-state index contributed by atoms with van der Waals surface area (Å²) in [4.78, 5) is 32.9. The molecule has 3 rings (SSSR count).